The summed E-state index contributed by atoms with van der Waals surface area (Å²) in [7, 11) is 0. The topological polar surface area (TPSA) is 93.0 Å². The molecule has 0 saturated heterocycles. The van der Waals surface area contributed by atoms with Gasteiger partial charge in [-0.3, -0.25) is 10.1 Å². The Kier molecular flexibility index (Phi) is 6.47. The van der Waals surface area contributed by atoms with E-state index in [4.69, 9.17) is 23.2 Å². The summed E-state index contributed by atoms with van der Waals surface area (Å²) in [6.07, 6.45) is 9.02. The van der Waals surface area contributed by atoms with E-state index in [1.807, 2.05) is 0 Å². The number of nitrogens with one attached hydrogen (secondary N) is 2. The minimum atomic E-state index is -0.506. The SMILES string of the molecule is O=[N+]([O-])c1c(NCCC2=CCCCC2)ncnc1Nc1ccc(Cl)cc1Cl. The van der Waals surface area contributed by atoms with E-state index in [2.05, 4.69) is 26.7 Å². The Labute approximate surface area is 167 Å². The van der Waals surface area contributed by atoms with Gasteiger partial charge in [0.25, 0.3) is 0 Å². The smallest absolute Gasteiger partial charge is 0.353 e. The maximum Gasteiger partial charge on any atom is 0.353 e. The number of halogens is 2. The molecule has 27 heavy (non-hydrogen) atoms. The van der Waals surface area contributed by atoms with Crippen molar-refractivity contribution < 1.29 is 4.92 Å². The van der Waals surface area contributed by atoms with Gasteiger partial charge in [-0.25, -0.2) is 9.97 Å². The van der Waals surface area contributed by atoms with Crippen LogP contribution in [0.15, 0.2) is 36.2 Å². The molecule has 0 radical (unpaired) electrons. The number of hydrogen-bond donors (Lipinski definition) is 2. The van der Waals surface area contributed by atoms with Crippen LogP contribution in [0, 0.1) is 10.1 Å². The van der Waals surface area contributed by atoms with Crippen LogP contribution in [0.2, 0.25) is 10.0 Å². The van der Waals surface area contributed by atoms with E-state index in [1.165, 1.54) is 24.7 Å². The molecule has 0 amide bonds. The number of allylic oxidation sites excluding steroid dienone is 1. The van der Waals surface area contributed by atoms with E-state index in [1.54, 1.807) is 18.2 Å². The van der Waals surface area contributed by atoms with Crippen LogP contribution in [0.4, 0.5) is 23.0 Å². The van der Waals surface area contributed by atoms with Crippen LogP contribution >= 0.6 is 23.2 Å². The van der Waals surface area contributed by atoms with E-state index in [0.717, 1.165) is 19.3 Å². The number of hydrogen-bond acceptors (Lipinski definition) is 6. The lowest BCUT2D eigenvalue weighted by Gasteiger charge is -2.14. The van der Waals surface area contributed by atoms with Crippen molar-refractivity contribution in [2.24, 2.45) is 0 Å². The van der Waals surface area contributed by atoms with Crippen LogP contribution in [-0.4, -0.2) is 21.4 Å². The second-order valence-electron chi connectivity index (χ2n) is 6.21. The molecule has 0 spiro atoms. The van der Waals surface area contributed by atoms with Gasteiger partial charge in [-0.05, 0) is 50.3 Å². The summed E-state index contributed by atoms with van der Waals surface area (Å²) in [5.74, 6) is 0.248. The van der Waals surface area contributed by atoms with Gasteiger partial charge in [-0.1, -0.05) is 34.9 Å². The molecule has 1 heterocycles. The van der Waals surface area contributed by atoms with Crippen molar-refractivity contribution in [3.63, 3.8) is 0 Å². The van der Waals surface area contributed by atoms with Gasteiger partial charge in [0.15, 0.2) is 0 Å². The monoisotopic (exact) mass is 407 g/mol. The summed E-state index contributed by atoms with van der Waals surface area (Å²) >= 11 is 12.0. The molecule has 142 valence electrons. The molecule has 0 saturated carbocycles. The zero-order valence-corrected chi connectivity index (χ0v) is 16.1. The second kappa shape index (κ2) is 9.01. The molecular weight excluding hydrogens is 389 g/mol. The Balaban J connectivity index is 1.77. The van der Waals surface area contributed by atoms with Gasteiger partial charge in [0, 0.05) is 11.6 Å². The summed E-state index contributed by atoms with van der Waals surface area (Å²) in [6, 6.07) is 4.83. The number of aromatic nitrogens is 2. The summed E-state index contributed by atoms with van der Waals surface area (Å²) in [5, 5.41) is 18.4. The largest absolute Gasteiger partial charge is 0.364 e. The van der Waals surface area contributed by atoms with Gasteiger partial charge in [0.2, 0.25) is 11.6 Å². The van der Waals surface area contributed by atoms with Crippen LogP contribution in [0.5, 0.6) is 0 Å². The van der Waals surface area contributed by atoms with E-state index in [0.29, 0.717) is 22.3 Å². The molecule has 0 unspecified atom stereocenters. The Bertz CT molecular complexity index is 873. The van der Waals surface area contributed by atoms with Gasteiger partial charge in [0.1, 0.15) is 6.33 Å². The van der Waals surface area contributed by atoms with E-state index in [9.17, 15) is 10.1 Å². The standard InChI is InChI=1S/C18H19Cl2N5O2/c19-13-6-7-15(14(20)10-13)24-18-16(25(26)27)17(22-11-23-18)21-9-8-12-4-2-1-3-5-12/h4,6-7,10-11H,1-3,5,8-9H2,(H2,21,22,23,24). The highest BCUT2D eigenvalue weighted by Gasteiger charge is 2.23. The Morgan fingerprint density at radius 1 is 1.19 bits per heavy atom. The van der Waals surface area contributed by atoms with Crippen LogP contribution in [0.25, 0.3) is 0 Å². The van der Waals surface area contributed by atoms with Crippen LogP contribution in [0.3, 0.4) is 0 Å². The van der Waals surface area contributed by atoms with Crippen molar-refractivity contribution in [1.29, 1.82) is 0 Å². The summed E-state index contributed by atoms with van der Waals surface area (Å²) in [4.78, 5) is 19.2. The third-order valence-electron chi connectivity index (χ3n) is 4.31. The number of anilines is 3. The minimum absolute atomic E-state index is 0.0682. The molecule has 7 nitrogen and oxygen atoms in total. The summed E-state index contributed by atoms with van der Waals surface area (Å²) in [6.45, 7) is 0.574. The van der Waals surface area contributed by atoms with Gasteiger partial charge < -0.3 is 10.6 Å². The normalized spacial score (nSPS) is 13.8. The first-order valence-corrected chi connectivity index (χ1v) is 9.43. The highest BCUT2D eigenvalue weighted by Crippen LogP contribution is 2.34. The highest BCUT2D eigenvalue weighted by atomic mass is 35.5. The zero-order chi connectivity index (χ0) is 19.2. The van der Waals surface area contributed by atoms with Crippen molar-refractivity contribution in [2.45, 2.75) is 32.1 Å². The lowest BCUT2D eigenvalue weighted by Crippen LogP contribution is -2.10. The molecule has 2 N–H and O–H groups in total. The fourth-order valence-electron chi connectivity index (χ4n) is 2.96. The Hall–Kier alpha value is -2.38. The number of rotatable bonds is 7. The van der Waals surface area contributed by atoms with Crippen molar-refractivity contribution in [3.8, 4) is 0 Å². The lowest BCUT2D eigenvalue weighted by atomic mass is 9.97. The average Bonchev–Trinajstić information content (AvgIpc) is 2.65. The molecule has 0 aliphatic heterocycles. The number of nitrogens with zero attached hydrogens (tertiary/aromatic N) is 3. The molecule has 1 aliphatic carbocycles. The van der Waals surface area contributed by atoms with Crippen molar-refractivity contribution in [3.05, 3.63) is 56.3 Å². The molecule has 1 aromatic carbocycles. The maximum atomic E-state index is 11.6. The number of nitro groups is 1. The average molecular weight is 408 g/mol. The van der Waals surface area contributed by atoms with Crippen LogP contribution in [-0.2, 0) is 0 Å². The highest BCUT2D eigenvalue weighted by molar-refractivity contribution is 6.36. The fourth-order valence-corrected chi connectivity index (χ4v) is 3.42. The van der Waals surface area contributed by atoms with Crippen LogP contribution in [0.1, 0.15) is 32.1 Å². The maximum absolute atomic E-state index is 11.6. The van der Waals surface area contributed by atoms with Crippen molar-refractivity contribution >= 4 is 46.2 Å². The molecule has 0 atom stereocenters. The first kappa shape index (κ1) is 19.4. The summed E-state index contributed by atoms with van der Waals surface area (Å²) in [5.41, 5.74) is 1.64. The predicted octanol–water partition coefficient (Wildman–Crippen LogP) is 5.74. The molecule has 1 aromatic heterocycles. The first-order valence-electron chi connectivity index (χ1n) is 8.68. The number of benzene rings is 1. The van der Waals surface area contributed by atoms with E-state index < -0.39 is 4.92 Å². The fraction of sp³-hybridized carbons (Fsp3) is 0.333. The molecular formula is C18H19Cl2N5O2. The Morgan fingerprint density at radius 2 is 2.00 bits per heavy atom. The third-order valence-corrected chi connectivity index (χ3v) is 4.86. The Morgan fingerprint density at radius 3 is 2.70 bits per heavy atom. The molecule has 2 aromatic rings. The lowest BCUT2D eigenvalue weighted by molar-refractivity contribution is -0.383. The second-order valence-corrected chi connectivity index (χ2v) is 7.05. The van der Waals surface area contributed by atoms with Crippen molar-refractivity contribution in [1.82, 2.24) is 9.97 Å². The zero-order valence-electron chi connectivity index (χ0n) is 14.5. The molecule has 0 bridgehead atoms. The van der Waals surface area contributed by atoms with E-state index in [-0.39, 0.29) is 17.3 Å². The van der Waals surface area contributed by atoms with Gasteiger partial charge in [-0.15, -0.1) is 0 Å². The molecule has 0 fully saturated rings. The predicted molar refractivity (Wildman–Crippen MR) is 108 cm³/mol. The summed E-state index contributed by atoms with van der Waals surface area (Å²) < 4.78 is 0. The quantitative estimate of drug-likeness (QED) is 0.345. The van der Waals surface area contributed by atoms with Gasteiger partial charge in [0.05, 0.1) is 15.6 Å². The van der Waals surface area contributed by atoms with E-state index >= 15 is 0 Å². The first-order chi connectivity index (χ1) is 13.0. The molecule has 9 heteroatoms. The third kappa shape index (κ3) is 5.08. The molecule has 1 aliphatic rings. The van der Waals surface area contributed by atoms with Gasteiger partial charge >= 0.3 is 5.69 Å². The van der Waals surface area contributed by atoms with Gasteiger partial charge in [-0.2, -0.15) is 0 Å². The van der Waals surface area contributed by atoms with Crippen molar-refractivity contribution in [2.75, 3.05) is 17.2 Å². The van der Waals surface area contributed by atoms with Crippen LogP contribution < -0.4 is 10.6 Å². The minimum Gasteiger partial charge on any atom is -0.364 e. The molecule has 3 rings (SSSR count).